The van der Waals surface area contributed by atoms with E-state index in [4.69, 9.17) is 10.5 Å². The summed E-state index contributed by atoms with van der Waals surface area (Å²) in [6.45, 7) is 2.11. The van der Waals surface area contributed by atoms with Crippen LogP contribution in [0, 0.1) is 11.7 Å². The van der Waals surface area contributed by atoms with Gasteiger partial charge in [0, 0.05) is 42.6 Å². The Morgan fingerprint density at radius 3 is 2.66 bits per heavy atom. The average molecular weight is 483 g/mol. The van der Waals surface area contributed by atoms with Gasteiger partial charge in [0.1, 0.15) is 29.3 Å². The number of pyridine rings is 1. The zero-order valence-electron chi connectivity index (χ0n) is 19.4. The van der Waals surface area contributed by atoms with Crippen molar-refractivity contribution in [2.75, 3.05) is 29.4 Å². The third-order valence-corrected chi connectivity index (χ3v) is 6.31. The maximum absolute atomic E-state index is 15.0. The first-order valence-electron chi connectivity index (χ1n) is 11.5. The number of ketones is 2. The molecule has 0 saturated carbocycles. The van der Waals surface area contributed by atoms with Gasteiger partial charge in [-0.25, -0.2) is 14.2 Å². The van der Waals surface area contributed by atoms with Crippen LogP contribution in [0.4, 0.5) is 20.7 Å². The fourth-order valence-electron chi connectivity index (χ4n) is 4.37. The molecule has 2 fully saturated rings. The molecule has 0 spiro atoms. The van der Waals surface area contributed by atoms with Crippen LogP contribution in [0.3, 0.4) is 0 Å². The molecule has 1 aromatic carbocycles. The molecule has 0 bridgehead atoms. The van der Waals surface area contributed by atoms with E-state index >= 15 is 0 Å². The van der Waals surface area contributed by atoms with Gasteiger partial charge in [-0.15, -0.1) is 0 Å². The fourth-order valence-corrected chi connectivity index (χ4v) is 4.37. The highest BCUT2D eigenvalue weighted by molar-refractivity contribution is 5.99. The molecule has 1 aromatic heterocycles. The number of carbonyl (C=O) groups excluding carboxylic acids is 4. The Morgan fingerprint density at radius 2 is 2.00 bits per heavy atom. The van der Waals surface area contributed by atoms with Crippen molar-refractivity contribution in [2.45, 2.75) is 38.7 Å². The van der Waals surface area contributed by atoms with Crippen molar-refractivity contribution >= 4 is 35.1 Å². The molecule has 35 heavy (non-hydrogen) atoms. The summed E-state index contributed by atoms with van der Waals surface area (Å²) in [5.41, 5.74) is 6.53. The molecule has 0 radical (unpaired) electrons. The highest BCUT2D eigenvalue weighted by atomic mass is 19.1. The van der Waals surface area contributed by atoms with Crippen molar-refractivity contribution in [3.8, 4) is 11.1 Å². The first kappa shape index (κ1) is 24.5. The van der Waals surface area contributed by atoms with Crippen LogP contribution < -0.4 is 15.5 Å². The molecule has 10 heteroatoms. The number of carbonyl (C=O) groups is 4. The molecule has 2 N–H and O–H groups in total. The van der Waals surface area contributed by atoms with Crippen molar-refractivity contribution in [2.24, 2.45) is 11.7 Å². The second-order valence-electron chi connectivity index (χ2n) is 8.85. The molecule has 2 amide bonds. The van der Waals surface area contributed by atoms with Gasteiger partial charge < -0.3 is 15.3 Å². The van der Waals surface area contributed by atoms with Gasteiger partial charge in [0.05, 0.1) is 18.8 Å². The van der Waals surface area contributed by atoms with Crippen LogP contribution in [-0.4, -0.2) is 54.3 Å². The number of cyclic esters (lactones) is 1. The van der Waals surface area contributed by atoms with Crippen molar-refractivity contribution in [1.82, 2.24) is 4.98 Å². The minimum atomic E-state index is -0.571. The predicted molar refractivity (Wildman–Crippen MR) is 126 cm³/mol. The molecule has 2 saturated heterocycles. The van der Waals surface area contributed by atoms with Crippen LogP contribution in [0.2, 0.25) is 0 Å². The van der Waals surface area contributed by atoms with Crippen LogP contribution in [-0.2, 0) is 19.1 Å². The maximum atomic E-state index is 15.0. The van der Waals surface area contributed by atoms with Crippen molar-refractivity contribution in [3.05, 3.63) is 42.3 Å². The lowest BCUT2D eigenvalue weighted by Crippen LogP contribution is -2.29. The minimum absolute atomic E-state index is 0.0186. The zero-order chi connectivity index (χ0) is 25.1. The van der Waals surface area contributed by atoms with E-state index in [1.807, 2.05) is 0 Å². The number of amides is 2. The Balaban J connectivity index is 1.44. The van der Waals surface area contributed by atoms with Crippen molar-refractivity contribution in [3.63, 3.8) is 0 Å². The molecule has 2 aliphatic rings. The summed E-state index contributed by atoms with van der Waals surface area (Å²) in [7, 11) is 0. The van der Waals surface area contributed by atoms with E-state index in [1.165, 1.54) is 29.0 Å². The van der Waals surface area contributed by atoms with Crippen LogP contribution in [0.25, 0.3) is 11.1 Å². The summed E-state index contributed by atoms with van der Waals surface area (Å²) < 4.78 is 20.3. The van der Waals surface area contributed by atoms with E-state index in [9.17, 15) is 23.6 Å². The maximum Gasteiger partial charge on any atom is 0.414 e. The quantitative estimate of drug-likeness (QED) is 0.583. The predicted octanol–water partition coefficient (Wildman–Crippen LogP) is 2.85. The minimum Gasteiger partial charge on any atom is -0.444 e. The Hall–Kier alpha value is -3.66. The number of halogens is 1. The van der Waals surface area contributed by atoms with Gasteiger partial charge in [-0.05, 0) is 50.1 Å². The second-order valence-corrected chi connectivity index (χ2v) is 8.85. The van der Waals surface area contributed by atoms with Crippen LogP contribution in [0.5, 0.6) is 0 Å². The largest absolute Gasteiger partial charge is 0.444 e. The van der Waals surface area contributed by atoms with E-state index in [1.54, 1.807) is 24.3 Å². The molecular weight excluding hydrogens is 455 g/mol. The van der Waals surface area contributed by atoms with Gasteiger partial charge >= 0.3 is 6.09 Å². The lowest BCUT2D eigenvalue weighted by atomic mass is 10.0. The summed E-state index contributed by atoms with van der Waals surface area (Å²) in [6.07, 6.45) is 1.94. The molecule has 2 atom stereocenters. The first-order valence-corrected chi connectivity index (χ1v) is 11.5. The Kier molecular flexibility index (Phi) is 7.20. The Labute approximate surface area is 202 Å². The van der Waals surface area contributed by atoms with Crippen LogP contribution in [0.1, 0.15) is 32.6 Å². The molecule has 184 valence electrons. The van der Waals surface area contributed by atoms with Gasteiger partial charge in [-0.2, -0.15) is 0 Å². The lowest BCUT2D eigenvalue weighted by molar-refractivity contribution is -0.125. The number of hydrogen-bond acceptors (Lipinski definition) is 7. The van der Waals surface area contributed by atoms with Gasteiger partial charge in [0.25, 0.3) is 0 Å². The smallest absolute Gasteiger partial charge is 0.414 e. The number of hydrogen-bond donors (Lipinski definition) is 1. The number of nitrogens with two attached hydrogens (primary N) is 1. The molecular formula is C25H27FN4O5. The van der Waals surface area contributed by atoms with Crippen molar-refractivity contribution < 1.29 is 28.3 Å². The second kappa shape index (κ2) is 10.3. The lowest BCUT2D eigenvalue weighted by Gasteiger charge is -2.17. The van der Waals surface area contributed by atoms with Crippen molar-refractivity contribution in [1.29, 1.82) is 0 Å². The summed E-state index contributed by atoms with van der Waals surface area (Å²) in [4.78, 5) is 54.8. The highest BCUT2D eigenvalue weighted by Crippen LogP contribution is 2.31. The van der Waals surface area contributed by atoms with Crippen LogP contribution in [0.15, 0.2) is 36.5 Å². The number of benzene rings is 1. The standard InChI is InChI=1S/C25H27FN4O5/c1-15(31)2-5-20-14-30(25(34)35-20)18-4-6-21(22(26)11-18)17-3-7-23(28-13-17)29-9-8-16(24(29)33)10-19(32)12-27/h3-4,6-7,11,13,16,20H,2,5,8-10,12,14,27H2,1H3/t16?,20-/m0/s1. The number of rotatable bonds is 9. The van der Waals surface area contributed by atoms with E-state index in [-0.39, 0.29) is 37.0 Å². The summed E-state index contributed by atoms with van der Waals surface area (Å²) in [6, 6.07) is 7.77. The van der Waals surface area contributed by atoms with E-state index in [2.05, 4.69) is 4.98 Å². The zero-order valence-corrected chi connectivity index (χ0v) is 19.4. The first-order chi connectivity index (χ1) is 16.8. The number of ether oxygens (including phenoxy) is 1. The molecule has 1 unspecified atom stereocenters. The highest BCUT2D eigenvalue weighted by Gasteiger charge is 2.35. The molecule has 0 aliphatic carbocycles. The van der Waals surface area contributed by atoms with Gasteiger partial charge in [-0.1, -0.05) is 0 Å². The number of nitrogens with zero attached hydrogens (tertiary/aromatic N) is 3. The normalized spacial score (nSPS) is 19.9. The number of Topliss-reactive ketones (excluding diaryl/α,β-unsaturated/α-hetero) is 2. The molecule has 2 aliphatic heterocycles. The van der Waals surface area contributed by atoms with Gasteiger partial charge in [0.15, 0.2) is 0 Å². The summed E-state index contributed by atoms with van der Waals surface area (Å²) in [5.74, 6) is -0.783. The molecule has 4 rings (SSSR count). The summed E-state index contributed by atoms with van der Waals surface area (Å²) in [5, 5.41) is 0. The van der Waals surface area contributed by atoms with Gasteiger partial charge in [0.2, 0.25) is 5.91 Å². The average Bonchev–Trinajstić information content (AvgIpc) is 3.39. The SMILES string of the molecule is CC(=O)CC[C@H]1CN(c2ccc(-c3ccc(N4CCC(CC(=O)CN)C4=O)nc3)c(F)c2)C(=O)O1. The third kappa shape index (κ3) is 5.37. The van der Waals surface area contributed by atoms with Gasteiger partial charge in [-0.3, -0.25) is 19.4 Å². The topological polar surface area (TPSA) is 123 Å². The van der Waals surface area contributed by atoms with E-state index < -0.39 is 23.9 Å². The number of aromatic nitrogens is 1. The molecule has 2 aromatic rings. The summed E-state index contributed by atoms with van der Waals surface area (Å²) >= 11 is 0. The number of anilines is 2. The molecule has 9 nitrogen and oxygen atoms in total. The monoisotopic (exact) mass is 482 g/mol. The fraction of sp³-hybridized carbons (Fsp3) is 0.400. The van der Waals surface area contributed by atoms with Crippen LogP contribution >= 0.6 is 0 Å². The molecule has 3 heterocycles. The Bertz CT molecular complexity index is 1150. The van der Waals surface area contributed by atoms with E-state index in [0.717, 1.165) is 0 Å². The Morgan fingerprint density at radius 1 is 1.20 bits per heavy atom. The third-order valence-electron chi connectivity index (χ3n) is 6.31. The van der Waals surface area contributed by atoms with E-state index in [0.29, 0.717) is 48.4 Å².